The van der Waals surface area contributed by atoms with Gasteiger partial charge in [0.25, 0.3) is 5.56 Å². The summed E-state index contributed by atoms with van der Waals surface area (Å²) in [5, 5.41) is 10.9. The molecule has 1 saturated carbocycles. The lowest BCUT2D eigenvalue weighted by atomic mass is 10.1. The molecule has 0 unspecified atom stereocenters. The van der Waals surface area contributed by atoms with Gasteiger partial charge >= 0.3 is 0 Å². The van der Waals surface area contributed by atoms with Crippen LogP contribution in [0.1, 0.15) is 37.3 Å². The third-order valence-electron chi connectivity index (χ3n) is 3.93. The van der Waals surface area contributed by atoms with Crippen LogP contribution in [0.15, 0.2) is 34.4 Å². The van der Waals surface area contributed by atoms with Gasteiger partial charge in [-0.2, -0.15) is 5.26 Å². The summed E-state index contributed by atoms with van der Waals surface area (Å²) in [5.74, 6) is 0. The van der Waals surface area contributed by atoms with E-state index in [2.05, 4.69) is 12.1 Å². The molecule has 0 aromatic carbocycles. The molecule has 0 amide bonds. The van der Waals surface area contributed by atoms with Gasteiger partial charge in [0.15, 0.2) is 0 Å². The first-order valence-corrected chi connectivity index (χ1v) is 7.84. The van der Waals surface area contributed by atoms with Crippen molar-refractivity contribution < 1.29 is 0 Å². The fraction of sp³-hybridized carbons (Fsp3) is 0.375. The number of thiophene rings is 1. The van der Waals surface area contributed by atoms with Crippen molar-refractivity contribution in [2.75, 3.05) is 0 Å². The third-order valence-corrected chi connectivity index (χ3v) is 4.82. The largest absolute Gasteiger partial charge is 0.304 e. The van der Waals surface area contributed by atoms with E-state index >= 15 is 0 Å². The van der Waals surface area contributed by atoms with Crippen molar-refractivity contribution in [1.29, 1.82) is 5.26 Å². The fourth-order valence-electron chi connectivity index (χ4n) is 2.97. The number of nitrogens with zero attached hydrogens (tertiary/aromatic N) is 2. The lowest BCUT2D eigenvalue weighted by molar-refractivity contribution is 0.506. The Bertz CT molecular complexity index is 688. The second kappa shape index (κ2) is 5.64. The normalized spacial score (nSPS) is 15.3. The van der Waals surface area contributed by atoms with E-state index in [1.807, 2.05) is 28.1 Å². The summed E-state index contributed by atoms with van der Waals surface area (Å²) >= 11 is 1.65. The Balaban J connectivity index is 2.17. The maximum Gasteiger partial charge on any atom is 0.255 e. The molecule has 0 spiro atoms. The Morgan fingerprint density at radius 1 is 1.30 bits per heavy atom. The highest BCUT2D eigenvalue weighted by Crippen LogP contribution is 2.33. The number of hydrogen-bond acceptors (Lipinski definition) is 3. The van der Waals surface area contributed by atoms with Crippen LogP contribution in [0.5, 0.6) is 0 Å². The standard InChI is InChI=1S/C16H16N2OS/c17-10-9-12-7-8-14(15-6-3-11-20-15)18(16(12)19)13-4-1-2-5-13/h3,6-8,11,13H,1-2,4-5,9H2. The van der Waals surface area contributed by atoms with Crippen molar-refractivity contribution >= 4 is 11.3 Å². The lowest BCUT2D eigenvalue weighted by Crippen LogP contribution is -2.27. The van der Waals surface area contributed by atoms with Crippen LogP contribution >= 0.6 is 11.3 Å². The predicted octanol–water partition coefficient (Wildman–Crippen LogP) is 3.76. The highest BCUT2D eigenvalue weighted by atomic mass is 32.1. The minimum absolute atomic E-state index is 0.0179. The summed E-state index contributed by atoms with van der Waals surface area (Å²) in [6.45, 7) is 0. The molecule has 3 rings (SSSR count). The number of pyridine rings is 1. The molecule has 0 saturated heterocycles. The molecule has 2 aromatic heterocycles. The average Bonchev–Trinajstić information content (AvgIpc) is 3.13. The van der Waals surface area contributed by atoms with E-state index in [0.29, 0.717) is 11.6 Å². The first-order chi connectivity index (χ1) is 9.81. The molecule has 1 aliphatic rings. The van der Waals surface area contributed by atoms with Gasteiger partial charge in [0.05, 0.1) is 23.1 Å². The maximum absolute atomic E-state index is 12.7. The topological polar surface area (TPSA) is 45.8 Å². The van der Waals surface area contributed by atoms with Crippen LogP contribution in [0, 0.1) is 11.3 Å². The number of nitriles is 1. The van der Waals surface area contributed by atoms with E-state index in [-0.39, 0.29) is 12.0 Å². The van der Waals surface area contributed by atoms with Gasteiger partial charge in [-0.3, -0.25) is 4.79 Å². The maximum atomic E-state index is 12.7. The van der Waals surface area contributed by atoms with Crippen molar-refractivity contribution in [3.8, 4) is 16.6 Å². The zero-order valence-electron chi connectivity index (χ0n) is 11.2. The zero-order valence-corrected chi connectivity index (χ0v) is 12.0. The van der Waals surface area contributed by atoms with Crippen molar-refractivity contribution in [3.05, 3.63) is 45.6 Å². The quantitative estimate of drug-likeness (QED) is 0.861. The molecule has 0 bridgehead atoms. The van der Waals surface area contributed by atoms with Crippen LogP contribution in [-0.4, -0.2) is 4.57 Å². The van der Waals surface area contributed by atoms with Crippen LogP contribution in [0.25, 0.3) is 10.6 Å². The van der Waals surface area contributed by atoms with Crippen LogP contribution in [0.4, 0.5) is 0 Å². The molecular formula is C16H16N2OS. The second-order valence-corrected chi connectivity index (χ2v) is 6.12. The summed E-state index contributed by atoms with van der Waals surface area (Å²) < 4.78 is 1.94. The Kier molecular flexibility index (Phi) is 3.70. The Labute approximate surface area is 122 Å². The van der Waals surface area contributed by atoms with Gasteiger partial charge in [0.1, 0.15) is 0 Å². The lowest BCUT2D eigenvalue weighted by Gasteiger charge is -2.19. The highest BCUT2D eigenvalue weighted by Gasteiger charge is 2.22. The van der Waals surface area contributed by atoms with Gasteiger partial charge in [0.2, 0.25) is 0 Å². The monoisotopic (exact) mass is 284 g/mol. The summed E-state index contributed by atoms with van der Waals surface area (Å²) in [5.41, 5.74) is 1.63. The van der Waals surface area contributed by atoms with Crippen molar-refractivity contribution in [1.82, 2.24) is 4.57 Å². The van der Waals surface area contributed by atoms with E-state index in [0.717, 1.165) is 23.4 Å². The number of hydrogen-bond donors (Lipinski definition) is 0. The van der Waals surface area contributed by atoms with Crippen LogP contribution in [0.2, 0.25) is 0 Å². The average molecular weight is 284 g/mol. The van der Waals surface area contributed by atoms with Gasteiger partial charge in [-0.1, -0.05) is 25.0 Å². The molecule has 1 fully saturated rings. The van der Waals surface area contributed by atoms with Crippen LogP contribution < -0.4 is 5.56 Å². The van der Waals surface area contributed by atoms with Gasteiger partial charge < -0.3 is 4.57 Å². The van der Waals surface area contributed by atoms with E-state index in [1.165, 1.54) is 12.8 Å². The van der Waals surface area contributed by atoms with Crippen LogP contribution in [0.3, 0.4) is 0 Å². The van der Waals surface area contributed by atoms with E-state index in [9.17, 15) is 4.79 Å². The third kappa shape index (κ3) is 2.30. The van der Waals surface area contributed by atoms with E-state index < -0.39 is 0 Å². The minimum atomic E-state index is 0.0179. The summed E-state index contributed by atoms with van der Waals surface area (Å²) in [6.07, 6.45) is 4.69. The van der Waals surface area contributed by atoms with E-state index in [1.54, 1.807) is 11.3 Å². The molecular weight excluding hydrogens is 268 g/mol. The first-order valence-electron chi connectivity index (χ1n) is 6.96. The summed E-state index contributed by atoms with van der Waals surface area (Å²) in [7, 11) is 0. The molecule has 1 aliphatic carbocycles. The Morgan fingerprint density at radius 2 is 2.10 bits per heavy atom. The van der Waals surface area contributed by atoms with E-state index in [4.69, 9.17) is 5.26 Å². The predicted molar refractivity (Wildman–Crippen MR) is 80.8 cm³/mol. The smallest absolute Gasteiger partial charge is 0.255 e. The van der Waals surface area contributed by atoms with Crippen molar-refractivity contribution in [3.63, 3.8) is 0 Å². The highest BCUT2D eigenvalue weighted by molar-refractivity contribution is 7.13. The molecule has 0 aliphatic heterocycles. The molecule has 0 radical (unpaired) electrons. The molecule has 20 heavy (non-hydrogen) atoms. The minimum Gasteiger partial charge on any atom is -0.304 e. The Morgan fingerprint density at radius 3 is 2.75 bits per heavy atom. The van der Waals surface area contributed by atoms with Gasteiger partial charge in [-0.05, 0) is 30.4 Å². The zero-order chi connectivity index (χ0) is 13.9. The number of aromatic nitrogens is 1. The first kappa shape index (κ1) is 13.1. The molecule has 102 valence electrons. The van der Waals surface area contributed by atoms with Gasteiger partial charge in [0, 0.05) is 11.6 Å². The number of rotatable bonds is 3. The van der Waals surface area contributed by atoms with Crippen molar-refractivity contribution in [2.45, 2.75) is 38.1 Å². The SMILES string of the molecule is N#CCc1ccc(-c2cccs2)n(C2CCCC2)c1=O. The van der Waals surface area contributed by atoms with Crippen LogP contribution in [-0.2, 0) is 6.42 Å². The molecule has 4 heteroatoms. The molecule has 0 N–H and O–H groups in total. The molecule has 2 aromatic rings. The fourth-order valence-corrected chi connectivity index (χ4v) is 3.71. The molecule has 2 heterocycles. The summed E-state index contributed by atoms with van der Waals surface area (Å²) in [4.78, 5) is 13.8. The summed E-state index contributed by atoms with van der Waals surface area (Å²) in [6, 6.07) is 10.2. The second-order valence-electron chi connectivity index (χ2n) is 5.17. The van der Waals surface area contributed by atoms with Gasteiger partial charge in [-0.15, -0.1) is 11.3 Å². The molecule has 3 nitrogen and oxygen atoms in total. The van der Waals surface area contributed by atoms with Gasteiger partial charge in [-0.25, -0.2) is 0 Å². The Hall–Kier alpha value is -1.86. The molecule has 0 atom stereocenters. The van der Waals surface area contributed by atoms with Crippen molar-refractivity contribution in [2.24, 2.45) is 0 Å².